The highest BCUT2D eigenvalue weighted by Gasteiger charge is 2.46. The van der Waals surface area contributed by atoms with E-state index in [1.165, 1.54) is 25.3 Å². The van der Waals surface area contributed by atoms with Gasteiger partial charge in [-0.05, 0) is 93.4 Å². The lowest BCUT2D eigenvalue weighted by atomic mass is 9.72. The van der Waals surface area contributed by atoms with Crippen LogP contribution in [0.2, 0.25) is 0 Å². The first-order valence-electron chi connectivity index (χ1n) is 18.1. The molecule has 1 spiro atoms. The van der Waals surface area contributed by atoms with Crippen LogP contribution in [0.5, 0.6) is 5.75 Å². The first kappa shape index (κ1) is 33.7. The highest BCUT2D eigenvalue weighted by molar-refractivity contribution is 6.07. The minimum absolute atomic E-state index is 0.0432. The average molecular weight is 700 g/mol. The summed E-state index contributed by atoms with van der Waals surface area (Å²) in [4.78, 5) is 29.3. The summed E-state index contributed by atoms with van der Waals surface area (Å²) >= 11 is 0. The van der Waals surface area contributed by atoms with Gasteiger partial charge < -0.3 is 19.4 Å². The number of alkyl halides is 3. The van der Waals surface area contributed by atoms with E-state index in [9.17, 15) is 18.0 Å². The number of carbonyl (C=O) groups excluding carboxylic acids is 1. The Morgan fingerprint density at radius 1 is 1.04 bits per heavy atom. The molecule has 9 nitrogen and oxygen atoms in total. The van der Waals surface area contributed by atoms with Crippen LogP contribution in [0.15, 0.2) is 43.6 Å². The van der Waals surface area contributed by atoms with Gasteiger partial charge in [0.15, 0.2) is 12.4 Å². The Bertz CT molecular complexity index is 2000. The van der Waals surface area contributed by atoms with Crippen molar-refractivity contribution in [1.82, 2.24) is 30.0 Å². The number of ether oxygens (including phenoxy) is 1. The number of nitrogens with one attached hydrogen (secondary N) is 1. The van der Waals surface area contributed by atoms with Crippen molar-refractivity contribution in [2.45, 2.75) is 70.0 Å². The van der Waals surface area contributed by atoms with Crippen LogP contribution in [0, 0.1) is 12.3 Å². The molecular weight excluding hydrogens is 655 g/mol. The number of H-pyrrole nitrogens is 1. The molecule has 3 aliphatic heterocycles. The average Bonchev–Trinajstić information content (AvgIpc) is 3.57. The molecular formula is C39H44F3N7O2. The third-order valence-electron chi connectivity index (χ3n) is 11.8. The molecule has 1 N–H and O–H groups in total. The summed E-state index contributed by atoms with van der Waals surface area (Å²) in [5.74, 6) is 1.49. The maximum absolute atomic E-state index is 14.0. The molecule has 4 aliphatic rings. The standard InChI is InChI=1S/C39H44F3N7O2/c1-4-25-19-28-34(35(51-23-39(40,41)42)33(25)32-24(3)9-10-30-29(32)20-43-46-30)44-36(26-11-15-47(16-12-26)27-7-6-8-27)45-37(28)48-17-13-38(14-18-48)21-49(22-38)31(50)5-2/h4-5,9-10,19-20,26-27H,1-2,6-8,11-18,21-23H2,3H3,(H,43,46). The summed E-state index contributed by atoms with van der Waals surface area (Å²) in [5, 5.41) is 8.67. The van der Waals surface area contributed by atoms with E-state index in [-0.39, 0.29) is 23.0 Å². The zero-order valence-electron chi connectivity index (χ0n) is 29.1. The smallest absolute Gasteiger partial charge is 0.422 e. The number of nitrogens with zero attached hydrogens (tertiary/aromatic N) is 6. The molecule has 2 aromatic carbocycles. The van der Waals surface area contributed by atoms with Crippen LogP contribution < -0.4 is 9.64 Å². The molecule has 1 amide bonds. The van der Waals surface area contributed by atoms with Crippen molar-refractivity contribution in [1.29, 1.82) is 0 Å². The summed E-state index contributed by atoms with van der Waals surface area (Å²) in [7, 11) is 0. The van der Waals surface area contributed by atoms with E-state index in [4.69, 9.17) is 14.7 Å². The quantitative estimate of drug-likeness (QED) is 0.192. The van der Waals surface area contributed by atoms with Crippen molar-refractivity contribution < 1.29 is 22.7 Å². The predicted octanol–water partition coefficient (Wildman–Crippen LogP) is 7.41. The molecule has 268 valence electrons. The second kappa shape index (κ2) is 13.0. The van der Waals surface area contributed by atoms with Crippen molar-refractivity contribution in [2.75, 3.05) is 50.8 Å². The van der Waals surface area contributed by atoms with Crippen LogP contribution in [0.4, 0.5) is 19.0 Å². The van der Waals surface area contributed by atoms with E-state index in [1.807, 2.05) is 30.0 Å². The number of aryl methyl sites for hydroxylation is 1. The van der Waals surface area contributed by atoms with E-state index < -0.39 is 12.8 Å². The Kier molecular flexibility index (Phi) is 8.55. The summed E-state index contributed by atoms with van der Waals surface area (Å²) in [6, 6.07) is 6.46. The largest absolute Gasteiger partial charge is 0.481 e. The Morgan fingerprint density at radius 2 is 1.78 bits per heavy atom. The SMILES string of the molecule is C=CC(=O)N1CC2(CCN(c3nc(C4CCN(C5CCC5)CC4)nc4c(OCC(F)(F)F)c(-c5c(C)ccc6[nH]ncc56)c(C=C)cc34)CC2)C1. The number of hydrogen-bond acceptors (Lipinski definition) is 7. The molecule has 5 heterocycles. The van der Waals surface area contributed by atoms with E-state index >= 15 is 0 Å². The number of likely N-dealkylation sites (tertiary alicyclic amines) is 2. The number of rotatable bonds is 8. The van der Waals surface area contributed by atoms with E-state index in [0.717, 1.165) is 66.6 Å². The number of carbonyl (C=O) groups is 1. The molecule has 0 atom stereocenters. The molecule has 0 radical (unpaired) electrons. The third-order valence-corrected chi connectivity index (χ3v) is 11.8. The van der Waals surface area contributed by atoms with Gasteiger partial charge in [0.2, 0.25) is 5.91 Å². The van der Waals surface area contributed by atoms with Gasteiger partial charge in [-0.15, -0.1) is 0 Å². The van der Waals surface area contributed by atoms with Crippen molar-refractivity contribution in [3.8, 4) is 16.9 Å². The van der Waals surface area contributed by atoms with Gasteiger partial charge in [0, 0.05) is 59.9 Å². The molecule has 0 unspecified atom stereocenters. The Morgan fingerprint density at radius 3 is 2.43 bits per heavy atom. The number of amides is 1. The van der Waals surface area contributed by atoms with E-state index in [0.29, 0.717) is 60.1 Å². The fourth-order valence-electron chi connectivity index (χ4n) is 8.69. The fraction of sp³-hybridized carbons (Fsp3) is 0.487. The van der Waals surface area contributed by atoms with Gasteiger partial charge in [-0.3, -0.25) is 9.89 Å². The molecule has 1 saturated carbocycles. The van der Waals surface area contributed by atoms with E-state index in [2.05, 4.69) is 33.2 Å². The zero-order chi connectivity index (χ0) is 35.5. The number of benzene rings is 2. The van der Waals surface area contributed by atoms with Crippen molar-refractivity contribution in [3.05, 3.63) is 60.6 Å². The normalized spacial score (nSPS) is 20.1. The monoisotopic (exact) mass is 699 g/mol. The predicted molar refractivity (Wildman–Crippen MR) is 193 cm³/mol. The number of halogens is 3. The number of anilines is 1. The van der Waals surface area contributed by atoms with Gasteiger partial charge in [0.1, 0.15) is 17.2 Å². The highest BCUT2D eigenvalue weighted by Crippen LogP contribution is 2.48. The highest BCUT2D eigenvalue weighted by atomic mass is 19.4. The van der Waals surface area contributed by atoms with Gasteiger partial charge in [-0.1, -0.05) is 31.7 Å². The second-order valence-corrected chi connectivity index (χ2v) is 14.9. The summed E-state index contributed by atoms with van der Waals surface area (Å²) < 4.78 is 47.9. The second-order valence-electron chi connectivity index (χ2n) is 14.9. The third kappa shape index (κ3) is 6.15. The first-order chi connectivity index (χ1) is 24.6. The summed E-state index contributed by atoms with van der Waals surface area (Å²) in [5.41, 5.74) is 3.95. The van der Waals surface area contributed by atoms with Crippen LogP contribution in [-0.4, -0.2) is 94.0 Å². The number of piperidine rings is 2. The minimum Gasteiger partial charge on any atom is -0.481 e. The Balaban J connectivity index is 1.27. The van der Waals surface area contributed by atoms with Crippen molar-refractivity contribution >= 4 is 39.6 Å². The molecule has 12 heteroatoms. The lowest BCUT2D eigenvalue weighted by molar-refractivity contribution is -0.153. The lowest BCUT2D eigenvalue weighted by Crippen LogP contribution is -2.61. The maximum atomic E-state index is 14.0. The van der Waals surface area contributed by atoms with Gasteiger partial charge in [-0.25, -0.2) is 9.97 Å². The molecule has 1 aliphatic carbocycles. The number of aromatic nitrogens is 4. The van der Waals surface area contributed by atoms with Gasteiger partial charge in [0.25, 0.3) is 0 Å². The Hall–Kier alpha value is -4.45. The fourth-order valence-corrected chi connectivity index (χ4v) is 8.69. The molecule has 0 bridgehead atoms. The summed E-state index contributed by atoms with van der Waals surface area (Å²) in [6.07, 6.45) is 7.47. The molecule has 2 aromatic heterocycles. The van der Waals surface area contributed by atoms with Crippen LogP contribution in [0.3, 0.4) is 0 Å². The molecule has 4 fully saturated rings. The molecule has 4 aromatic rings. The minimum atomic E-state index is -4.57. The van der Waals surface area contributed by atoms with Crippen LogP contribution >= 0.6 is 0 Å². The van der Waals surface area contributed by atoms with Crippen LogP contribution in [0.1, 0.15) is 67.8 Å². The molecule has 51 heavy (non-hydrogen) atoms. The Labute approximate surface area is 295 Å². The van der Waals surface area contributed by atoms with Crippen LogP contribution in [0.25, 0.3) is 39.0 Å². The number of fused-ring (bicyclic) bond motifs is 2. The van der Waals surface area contributed by atoms with Gasteiger partial charge in [-0.2, -0.15) is 18.3 Å². The topological polar surface area (TPSA) is 90.5 Å². The van der Waals surface area contributed by atoms with Crippen molar-refractivity contribution in [2.24, 2.45) is 5.41 Å². The number of hydrogen-bond donors (Lipinski definition) is 1. The lowest BCUT2D eigenvalue weighted by Gasteiger charge is -2.54. The first-order valence-corrected chi connectivity index (χ1v) is 18.1. The maximum Gasteiger partial charge on any atom is 0.422 e. The summed E-state index contributed by atoms with van der Waals surface area (Å²) in [6.45, 7) is 13.0. The molecule has 8 rings (SSSR count). The van der Waals surface area contributed by atoms with Gasteiger partial charge in [0.05, 0.1) is 11.7 Å². The van der Waals surface area contributed by atoms with Crippen molar-refractivity contribution in [3.63, 3.8) is 0 Å². The van der Waals surface area contributed by atoms with E-state index in [1.54, 1.807) is 12.3 Å². The van der Waals surface area contributed by atoms with Crippen LogP contribution in [-0.2, 0) is 4.79 Å². The zero-order valence-corrected chi connectivity index (χ0v) is 29.1. The number of aromatic amines is 1. The van der Waals surface area contributed by atoms with Gasteiger partial charge >= 0.3 is 6.18 Å². The molecule has 3 saturated heterocycles.